The molecule has 3 nitrogen and oxygen atoms in total. The van der Waals surface area contributed by atoms with Crippen LogP contribution in [0.3, 0.4) is 0 Å². The average Bonchev–Trinajstić information content (AvgIpc) is 2.37. The van der Waals surface area contributed by atoms with Crippen molar-refractivity contribution in [3.05, 3.63) is 0 Å². The Morgan fingerprint density at radius 1 is 1.15 bits per heavy atom. The number of rotatable bonds is 5. The Kier molecular flexibility index (Phi) is 3.83. The number of ether oxygens (including phenoxy) is 1. The first kappa shape index (κ1) is 14.4. The molecule has 0 aliphatic heterocycles. The summed E-state index contributed by atoms with van der Waals surface area (Å²) in [5.74, 6) is 3.82. The second kappa shape index (κ2) is 5.32. The molecular formula is C17H29NO2. The Balaban J connectivity index is 1.67. The van der Waals surface area contributed by atoms with Crippen LogP contribution >= 0.6 is 0 Å². The minimum Gasteiger partial charge on any atom is -0.376 e. The van der Waals surface area contributed by atoms with Crippen LogP contribution in [0.25, 0.3) is 0 Å². The van der Waals surface area contributed by atoms with Crippen LogP contribution in [0.2, 0.25) is 0 Å². The second-order valence-electron chi connectivity index (χ2n) is 7.84. The monoisotopic (exact) mass is 279 g/mol. The molecule has 0 saturated heterocycles. The number of hydrogen-bond donors (Lipinski definition) is 1. The summed E-state index contributed by atoms with van der Waals surface area (Å²) in [5.41, 5.74) is -0.0694. The number of amides is 1. The van der Waals surface area contributed by atoms with Gasteiger partial charge in [-0.2, -0.15) is 0 Å². The molecule has 4 rings (SSSR count). The van der Waals surface area contributed by atoms with Gasteiger partial charge in [0.2, 0.25) is 5.91 Å². The van der Waals surface area contributed by atoms with Crippen molar-refractivity contribution < 1.29 is 9.53 Å². The normalized spacial score (nSPS) is 42.2. The molecule has 1 amide bonds. The Bertz CT molecular complexity index is 349. The van der Waals surface area contributed by atoms with Crippen LogP contribution in [0.4, 0.5) is 0 Å². The Labute approximate surface area is 122 Å². The predicted molar refractivity (Wildman–Crippen MR) is 79.2 cm³/mol. The van der Waals surface area contributed by atoms with E-state index in [1.165, 1.54) is 32.1 Å². The van der Waals surface area contributed by atoms with Gasteiger partial charge in [0.15, 0.2) is 0 Å². The van der Waals surface area contributed by atoms with Crippen molar-refractivity contribution >= 4 is 5.91 Å². The van der Waals surface area contributed by atoms with Crippen molar-refractivity contribution in [2.45, 2.75) is 58.0 Å². The number of methoxy groups -OCH3 is 1. The summed E-state index contributed by atoms with van der Waals surface area (Å²) in [6.07, 6.45) is 7.36. The van der Waals surface area contributed by atoms with E-state index in [0.717, 1.165) is 18.4 Å². The van der Waals surface area contributed by atoms with Crippen molar-refractivity contribution in [1.82, 2.24) is 5.32 Å². The largest absolute Gasteiger partial charge is 0.376 e. The smallest absolute Gasteiger partial charge is 0.220 e. The molecular weight excluding hydrogens is 250 g/mol. The molecule has 0 aromatic heterocycles. The van der Waals surface area contributed by atoms with Gasteiger partial charge >= 0.3 is 0 Å². The molecule has 3 heteroatoms. The maximum absolute atomic E-state index is 12.0. The van der Waals surface area contributed by atoms with E-state index >= 15 is 0 Å². The van der Waals surface area contributed by atoms with Gasteiger partial charge in [0.25, 0.3) is 0 Å². The summed E-state index contributed by atoms with van der Waals surface area (Å²) in [6.45, 7) is 4.91. The van der Waals surface area contributed by atoms with Gasteiger partial charge in [-0.15, -0.1) is 0 Å². The highest BCUT2D eigenvalue weighted by Gasteiger charge is 2.57. The summed E-state index contributed by atoms with van der Waals surface area (Å²) in [7, 11) is 1.86. The highest BCUT2D eigenvalue weighted by Crippen LogP contribution is 2.59. The molecule has 4 bridgehead atoms. The van der Waals surface area contributed by atoms with Crippen molar-refractivity contribution in [2.24, 2.45) is 29.6 Å². The van der Waals surface area contributed by atoms with E-state index < -0.39 is 0 Å². The van der Waals surface area contributed by atoms with E-state index in [4.69, 9.17) is 4.74 Å². The lowest BCUT2D eigenvalue weighted by Crippen LogP contribution is -2.63. The van der Waals surface area contributed by atoms with Crippen LogP contribution in [0.1, 0.15) is 52.4 Å². The molecule has 1 N–H and O–H groups in total. The Morgan fingerprint density at radius 2 is 1.70 bits per heavy atom. The van der Waals surface area contributed by atoms with Crippen LogP contribution in [0.5, 0.6) is 0 Å². The van der Waals surface area contributed by atoms with Gasteiger partial charge in [-0.05, 0) is 61.7 Å². The van der Waals surface area contributed by atoms with Crippen LogP contribution in [0.15, 0.2) is 0 Å². The number of hydrogen-bond acceptors (Lipinski definition) is 2. The maximum Gasteiger partial charge on any atom is 0.220 e. The average molecular weight is 279 g/mol. The number of carbonyl (C=O) groups excluding carboxylic acids is 1. The van der Waals surface area contributed by atoms with E-state index in [1.807, 2.05) is 7.11 Å². The minimum atomic E-state index is -0.0694. The van der Waals surface area contributed by atoms with E-state index in [-0.39, 0.29) is 11.5 Å². The predicted octanol–water partition coefficient (Wildman–Crippen LogP) is 2.99. The summed E-state index contributed by atoms with van der Waals surface area (Å²) < 4.78 is 6.06. The van der Waals surface area contributed by atoms with Gasteiger partial charge in [0.05, 0.1) is 5.60 Å². The van der Waals surface area contributed by atoms with Crippen molar-refractivity contribution in [3.8, 4) is 0 Å². The molecule has 4 saturated carbocycles. The van der Waals surface area contributed by atoms with Gasteiger partial charge in [0, 0.05) is 20.1 Å². The Morgan fingerprint density at radius 3 is 2.15 bits per heavy atom. The molecule has 4 aliphatic carbocycles. The third-order valence-electron chi connectivity index (χ3n) is 6.06. The third-order valence-corrected chi connectivity index (χ3v) is 6.06. The zero-order valence-corrected chi connectivity index (χ0v) is 13.2. The maximum atomic E-state index is 12.0. The van der Waals surface area contributed by atoms with E-state index in [0.29, 0.717) is 24.2 Å². The first-order valence-electron chi connectivity index (χ1n) is 8.35. The van der Waals surface area contributed by atoms with Crippen LogP contribution < -0.4 is 5.32 Å². The summed E-state index contributed by atoms with van der Waals surface area (Å²) in [6, 6.07) is 0. The zero-order chi connectivity index (χ0) is 14.3. The van der Waals surface area contributed by atoms with Crippen LogP contribution in [-0.2, 0) is 9.53 Å². The van der Waals surface area contributed by atoms with Gasteiger partial charge in [0.1, 0.15) is 0 Å². The molecule has 0 heterocycles. The van der Waals surface area contributed by atoms with Crippen LogP contribution in [0, 0.1) is 29.6 Å². The van der Waals surface area contributed by atoms with Crippen molar-refractivity contribution in [2.75, 3.05) is 13.7 Å². The van der Waals surface area contributed by atoms with E-state index in [1.54, 1.807) is 0 Å². The molecule has 114 valence electrons. The fourth-order valence-electron chi connectivity index (χ4n) is 5.36. The van der Waals surface area contributed by atoms with E-state index in [9.17, 15) is 4.79 Å². The van der Waals surface area contributed by atoms with Crippen LogP contribution in [-0.4, -0.2) is 25.2 Å². The molecule has 0 atom stereocenters. The lowest BCUT2D eigenvalue weighted by Gasteiger charge is -2.60. The number of carbonyl (C=O) groups is 1. The SMILES string of the molecule is COC1(CNC(=O)CC(C)C)C2CC3CC(C2)CC1C3. The quantitative estimate of drug-likeness (QED) is 0.840. The molecule has 0 aromatic carbocycles. The lowest BCUT2D eigenvalue weighted by atomic mass is 9.49. The molecule has 0 aromatic rings. The molecule has 4 fully saturated rings. The third kappa shape index (κ3) is 2.38. The van der Waals surface area contributed by atoms with E-state index in [2.05, 4.69) is 19.2 Å². The fourth-order valence-corrected chi connectivity index (χ4v) is 5.36. The minimum absolute atomic E-state index is 0.0694. The molecule has 20 heavy (non-hydrogen) atoms. The Hall–Kier alpha value is -0.570. The lowest BCUT2D eigenvalue weighted by molar-refractivity contribution is -0.188. The highest BCUT2D eigenvalue weighted by atomic mass is 16.5. The highest BCUT2D eigenvalue weighted by molar-refractivity contribution is 5.76. The second-order valence-corrected chi connectivity index (χ2v) is 7.84. The first-order valence-corrected chi connectivity index (χ1v) is 8.35. The topological polar surface area (TPSA) is 38.3 Å². The molecule has 0 radical (unpaired) electrons. The zero-order valence-electron chi connectivity index (χ0n) is 13.2. The summed E-state index contributed by atoms with van der Waals surface area (Å²) in [5, 5.41) is 3.17. The van der Waals surface area contributed by atoms with Gasteiger partial charge in [-0.25, -0.2) is 0 Å². The van der Waals surface area contributed by atoms with Gasteiger partial charge < -0.3 is 10.1 Å². The van der Waals surface area contributed by atoms with Crippen molar-refractivity contribution in [1.29, 1.82) is 0 Å². The molecule has 0 spiro atoms. The standard InChI is InChI=1S/C17H29NO2/c1-11(2)4-16(19)18-10-17(20-3)14-6-12-5-13(8-14)9-15(17)7-12/h11-15H,4-10H2,1-3H3,(H,18,19). The summed E-state index contributed by atoms with van der Waals surface area (Å²) >= 11 is 0. The van der Waals surface area contributed by atoms with Crippen molar-refractivity contribution in [3.63, 3.8) is 0 Å². The fraction of sp³-hybridized carbons (Fsp3) is 0.941. The number of nitrogens with one attached hydrogen (secondary N) is 1. The molecule has 4 aliphatic rings. The summed E-state index contributed by atoms with van der Waals surface area (Å²) in [4.78, 5) is 12.0. The molecule has 0 unspecified atom stereocenters. The van der Waals surface area contributed by atoms with Gasteiger partial charge in [-0.1, -0.05) is 13.8 Å². The van der Waals surface area contributed by atoms with Gasteiger partial charge in [-0.3, -0.25) is 4.79 Å². The first-order chi connectivity index (χ1) is 9.53.